The molecule has 1 amide bonds. The second-order valence-corrected chi connectivity index (χ2v) is 5.01. The van der Waals surface area contributed by atoms with Gasteiger partial charge in [0.05, 0.1) is 11.5 Å². The molecule has 1 N–H and O–H groups in total. The van der Waals surface area contributed by atoms with Gasteiger partial charge in [-0.1, -0.05) is 12.1 Å². The van der Waals surface area contributed by atoms with E-state index in [2.05, 4.69) is 5.32 Å². The molecule has 2 aromatic carbocycles. The average Bonchev–Trinajstić information content (AvgIpc) is 2.59. The predicted molar refractivity (Wildman–Crippen MR) is 81.8 cm³/mol. The maximum Gasteiger partial charge on any atom is 0.269 e. The first kappa shape index (κ1) is 14.8. The highest BCUT2D eigenvalue weighted by molar-refractivity contribution is 5.94. The summed E-state index contributed by atoms with van der Waals surface area (Å²) in [6, 6.07) is 12.8. The van der Waals surface area contributed by atoms with Crippen LogP contribution in [0.2, 0.25) is 0 Å². The van der Waals surface area contributed by atoms with Crippen molar-refractivity contribution in [3.05, 3.63) is 64.2 Å². The molecule has 0 unspecified atom stereocenters. The molecule has 3 rings (SSSR count). The third-order valence-corrected chi connectivity index (χ3v) is 3.40. The van der Waals surface area contributed by atoms with E-state index in [0.29, 0.717) is 23.7 Å². The van der Waals surface area contributed by atoms with Crippen LogP contribution in [-0.2, 0) is 0 Å². The van der Waals surface area contributed by atoms with Crippen LogP contribution in [0.15, 0.2) is 48.5 Å². The smallest absolute Gasteiger partial charge is 0.269 e. The fraction of sp³-hybridized carbons (Fsp3) is 0.188. The number of nitro benzene ring substituents is 1. The fourth-order valence-electron chi connectivity index (χ4n) is 2.21. The number of nitrogens with one attached hydrogen (secondary N) is 1. The monoisotopic (exact) mass is 314 g/mol. The van der Waals surface area contributed by atoms with Crippen LogP contribution in [-0.4, -0.2) is 30.1 Å². The zero-order valence-corrected chi connectivity index (χ0v) is 12.1. The topological polar surface area (TPSA) is 90.7 Å². The lowest BCUT2D eigenvalue weighted by atomic mass is 10.2. The van der Waals surface area contributed by atoms with E-state index in [9.17, 15) is 14.9 Å². The van der Waals surface area contributed by atoms with Crippen LogP contribution in [0.3, 0.4) is 0 Å². The van der Waals surface area contributed by atoms with Crippen LogP contribution < -0.4 is 14.8 Å². The highest BCUT2D eigenvalue weighted by Gasteiger charge is 2.21. The molecule has 0 saturated heterocycles. The normalized spacial score (nSPS) is 15.7. The number of fused-ring (bicyclic) bond motifs is 1. The highest BCUT2D eigenvalue weighted by atomic mass is 16.6. The maximum absolute atomic E-state index is 12.0. The Morgan fingerprint density at radius 3 is 2.57 bits per heavy atom. The van der Waals surface area contributed by atoms with E-state index in [1.54, 1.807) is 6.07 Å². The molecule has 7 heteroatoms. The molecule has 1 aliphatic rings. The number of non-ortho nitro benzene ring substituents is 1. The summed E-state index contributed by atoms with van der Waals surface area (Å²) in [5.74, 6) is 1.01. The van der Waals surface area contributed by atoms with E-state index < -0.39 is 4.92 Å². The number of carbonyl (C=O) groups excluding carboxylic acids is 1. The molecule has 0 aliphatic carbocycles. The summed E-state index contributed by atoms with van der Waals surface area (Å²) in [6.45, 7) is 0.627. The summed E-state index contributed by atoms with van der Waals surface area (Å²) in [4.78, 5) is 22.1. The molecular formula is C16H14N2O5. The molecule has 0 spiro atoms. The Labute approximate surface area is 132 Å². The Hall–Kier alpha value is -3.09. The molecule has 118 valence electrons. The second kappa shape index (κ2) is 6.35. The molecule has 1 heterocycles. The minimum absolute atomic E-state index is 0.0535. The Bertz CT molecular complexity index is 730. The summed E-state index contributed by atoms with van der Waals surface area (Å²) in [5.41, 5.74) is 0.301. The molecule has 0 saturated carbocycles. The minimum Gasteiger partial charge on any atom is -0.486 e. The number of para-hydroxylation sites is 2. The Balaban J connectivity index is 1.56. The van der Waals surface area contributed by atoms with Gasteiger partial charge in [0.1, 0.15) is 12.7 Å². The third kappa shape index (κ3) is 3.39. The molecule has 7 nitrogen and oxygen atoms in total. The standard InChI is InChI=1S/C16H14N2O5/c19-16(11-5-7-12(8-6-11)18(20)21)17-9-13-10-22-14-3-1-2-4-15(14)23-13/h1-8,13H,9-10H2,(H,17,19)/t13-/m0/s1. The van der Waals surface area contributed by atoms with E-state index in [0.717, 1.165) is 0 Å². The molecule has 0 radical (unpaired) electrons. The van der Waals surface area contributed by atoms with E-state index >= 15 is 0 Å². The molecular weight excluding hydrogens is 300 g/mol. The van der Waals surface area contributed by atoms with E-state index in [-0.39, 0.29) is 24.2 Å². The number of nitrogens with zero attached hydrogens (tertiary/aromatic N) is 1. The van der Waals surface area contributed by atoms with E-state index in [1.165, 1.54) is 24.3 Å². The number of rotatable bonds is 4. The predicted octanol–water partition coefficient (Wildman–Crippen LogP) is 2.16. The first-order chi connectivity index (χ1) is 11.1. The third-order valence-electron chi connectivity index (χ3n) is 3.40. The lowest BCUT2D eigenvalue weighted by molar-refractivity contribution is -0.384. The molecule has 0 bridgehead atoms. The van der Waals surface area contributed by atoms with Gasteiger partial charge in [-0.3, -0.25) is 14.9 Å². The minimum atomic E-state index is -0.508. The van der Waals surface area contributed by atoms with Crippen LogP contribution >= 0.6 is 0 Å². The molecule has 0 aromatic heterocycles. The van der Waals surface area contributed by atoms with Gasteiger partial charge >= 0.3 is 0 Å². The number of benzene rings is 2. The van der Waals surface area contributed by atoms with Gasteiger partial charge in [-0.05, 0) is 24.3 Å². The quantitative estimate of drug-likeness (QED) is 0.690. The summed E-state index contributed by atoms with van der Waals surface area (Å²) >= 11 is 0. The SMILES string of the molecule is O=C(NC[C@H]1COc2ccccc2O1)c1ccc([N+](=O)[O-])cc1. The van der Waals surface area contributed by atoms with Gasteiger partial charge in [-0.15, -0.1) is 0 Å². The number of carbonyl (C=O) groups is 1. The first-order valence-electron chi connectivity index (χ1n) is 7.04. The van der Waals surface area contributed by atoms with Crippen molar-refractivity contribution < 1.29 is 19.2 Å². The molecule has 23 heavy (non-hydrogen) atoms. The second-order valence-electron chi connectivity index (χ2n) is 5.01. The maximum atomic E-state index is 12.0. The number of amides is 1. The van der Waals surface area contributed by atoms with Crippen LogP contribution in [0.4, 0.5) is 5.69 Å². The van der Waals surface area contributed by atoms with Crippen molar-refractivity contribution in [3.63, 3.8) is 0 Å². The van der Waals surface area contributed by atoms with Crippen molar-refractivity contribution in [1.29, 1.82) is 0 Å². The van der Waals surface area contributed by atoms with Crippen molar-refractivity contribution >= 4 is 11.6 Å². The molecule has 1 atom stereocenters. The van der Waals surface area contributed by atoms with E-state index in [1.807, 2.05) is 18.2 Å². The van der Waals surface area contributed by atoms with Crippen LogP contribution in [0.1, 0.15) is 10.4 Å². The van der Waals surface area contributed by atoms with Crippen LogP contribution in [0.25, 0.3) is 0 Å². The number of hydrogen-bond acceptors (Lipinski definition) is 5. The van der Waals surface area contributed by atoms with Gasteiger partial charge < -0.3 is 14.8 Å². The zero-order valence-electron chi connectivity index (χ0n) is 12.1. The largest absolute Gasteiger partial charge is 0.486 e. The van der Waals surface area contributed by atoms with Crippen molar-refractivity contribution in [2.24, 2.45) is 0 Å². The van der Waals surface area contributed by atoms with Crippen LogP contribution in [0, 0.1) is 10.1 Å². The van der Waals surface area contributed by atoms with Crippen molar-refractivity contribution in [1.82, 2.24) is 5.32 Å². The highest BCUT2D eigenvalue weighted by Crippen LogP contribution is 2.30. The molecule has 1 aliphatic heterocycles. The fourth-order valence-corrected chi connectivity index (χ4v) is 2.21. The van der Waals surface area contributed by atoms with Gasteiger partial charge in [0.15, 0.2) is 11.5 Å². The number of nitro groups is 1. The number of hydrogen-bond donors (Lipinski definition) is 1. The van der Waals surface area contributed by atoms with Gasteiger partial charge in [0.25, 0.3) is 11.6 Å². The molecule has 2 aromatic rings. The molecule has 0 fully saturated rings. The summed E-state index contributed by atoms with van der Waals surface area (Å²) in [5, 5.41) is 13.3. The Morgan fingerprint density at radius 1 is 1.17 bits per heavy atom. The van der Waals surface area contributed by atoms with Gasteiger partial charge in [-0.2, -0.15) is 0 Å². The average molecular weight is 314 g/mol. The lowest BCUT2D eigenvalue weighted by Crippen LogP contribution is -2.40. The summed E-state index contributed by atoms with van der Waals surface area (Å²) in [6.07, 6.45) is -0.285. The zero-order chi connectivity index (χ0) is 16.2. The Kier molecular flexibility index (Phi) is 4.09. The van der Waals surface area contributed by atoms with Gasteiger partial charge in [0, 0.05) is 17.7 Å². The van der Waals surface area contributed by atoms with Gasteiger partial charge in [-0.25, -0.2) is 0 Å². The lowest BCUT2D eigenvalue weighted by Gasteiger charge is -2.26. The van der Waals surface area contributed by atoms with Crippen molar-refractivity contribution in [3.8, 4) is 11.5 Å². The summed E-state index contributed by atoms with van der Waals surface area (Å²) < 4.78 is 11.3. The van der Waals surface area contributed by atoms with Crippen molar-refractivity contribution in [2.45, 2.75) is 6.10 Å². The van der Waals surface area contributed by atoms with Crippen LogP contribution in [0.5, 0.6) is 11.5 Å². The van der Waals surface area contributed by atoms with Gasteiger partial charge in [0.2, 0.25) is 0 Å². The number of ether oxygens (including phenoxy) is 2. The summed E-state index contributed by atoms with van der Waals surface area (Å²) in [7, 11) is 0. The Morgan fingerprint density at radius 2 is 1.87 bits per heavy atom. The first-order valence-corrected chi connectivity index (χ1v) is 7.04. The van der Waals surface area contributed by atoms with E-state index in [4.69, 9.17) is 9.47 Å². The van der Waals surface area contributed by atoms with Crippen molar-refractivity contribution in [2.75, 3.05) is 13.2 Å².